The van der Waals surface area contributed by atoms with Gasteiger partial charge in [-0.1, -0.05) is 12.1 Å². The number of hydrogen-bond donors (Lipinski definition) is 2. The highest BCUT2D eigenvalue weighted by Gasteiger charge is 2.05. The Bertz CT molecular complexity index is 603. The molecule has 0 radical (unpaired) electrons. The molecule has 1 aromatic carbocycles. The van der Waals surface area contributed by atoms with Gasteiger partial charge >= 0.3 is 0 Å². The van der Waals surface area contributed by atoms with E-state index in [0.29, 0.717) is 17.7 Å². The molecule has 0 unspecified atom stereocenters. The number of ether oxygens (including phenoxy) is 1. The predicted molar refractivity (Wildman–Crippen MR) is 84.2 cm³/mol. The summed E-state index contributed by atoms with van der Waals surface area (Å²) in [6.07, 6.45) is 1.68. The van der Waals surface area contributed by atoms with Crippen molar-refractivity contribution in [2.75, 3.05) is 17.2 Å². The fraction of sp³-hybridized carbons (Fsp3) is 0.214. The topological polar surface area (TPSA) is 59.1 Å². The van der Waals surface area contributed by atoms with Gasteiger partial charge in [0.25, 0.3) is 0 Å². The van der Waals surface area contributed by atoms with Crippen LogP contribution in [0.5, 0.6) is 5.75 Å². The van der Waals surface area contributed by atoms with Crippen LogP contribution in [0.4, 0.5) is 11.6 Å². The van der Waals surface area contributed by atoms with E-state index < -0.39 is 0 Å². The smallest absolute Gasteiger partial charge is 0.229 e. The monoisotopic (exact) mass is 288 g/mol. The maximum Gasteiger partial charge on any atom is 0.229 e. The molecule has 0 amide bonds. The predicted octanol–water partition coefficient (Wildman–Crippen LogP) is 2.99. The Kier molecular flexibility index (Phi) is 4.84. The van der Waals surface area contributed by atoms with Crippen molar-refractivity contribution in [3.63, 3.8) is 0 Å². The van der Waals surface area contributed by atoms with E-state index in [1.807, 2.05) is 44.2 Å². The van der Waals surface area contributed by atoms with Gasteiger partial charge in [0.05, 0.1) is 12.3 Å². The molecule has 0 aliphatic heterocycles. The van der Waals surface area contributed by atoms with Gasteiger partial charge < -0.3 is 15.4 Å². The molecular weight excluding hydrogens is 272 g/mol. The summed E-state index contributed by atoms with van der Waals surface area (Å²) >= 11 is 5.25. The molecule has 6 heteroatoms. The first kappa shape index (κ1) is 14.2. The summed E-state index contributed by atoms with van der Waals surface area (Å²) < 4.78 is 5.53. The highest BCUT2D eigenvalue weighted by molar-refractivity contribution is 7.80. The van der Waals surface area contributed by atoms with Gasteiger partial charge in [0.2, 0.25) is 5.95 Å². The molecule has 0 saturated carbocycles. The van der Waals surface area contributed by atoms with Crippen molar-refractivity contribution in [3.8, 4) is 5.75 Å². The van der Waals surface area contributed by atoms with E-state index in [-0.39, 0.29) is 0 Å². The fourth-order valence-corrected chi connectivity index (χ4v) is 1.82. The molecular formula is C14H16N4OS. The summed E-state index contributed by atoms with van der Waals surface area (Å²) in [6, 6.07) is 9.44. The number of anilines is 2. The molecule has 0 aliphatic rings. The van der Waals surface area contributed by atoms with Crippen LogP contribution in [0, 0.1) is 6.92 Å². The number of benzene rings is 1. The van der Waals surface area contributed by atoms with Gasteiger partial charge in [0.1, 0.15) is 5.75 Å². The first-order valence-corrected chi connectivity index (χ1v) is 6.69. The Morgan fingerprint density at radius 2 is 2.05 bits per heavy atom. The SMILES string of the molecule is CCOc1ccccc1NC(=S)Nc1nccc(C)n1. The van der Waals surface area contributed by atoms with E-state index >= 15 is 0 Å². The van der Waals surface area contributed by atoms with E-state index in [1.165, 1.54) is 0 Å². The molecule has 2 rings (SSSR count). The molecule has 1 heterocycles. The van der Waals surface area contributed by atoms with Gasteiger partial charge in [0, 0.05) is 11.9 Å². The van der Waals surface area contributed by atoms with Crippen molar-refractivity contribution < 1.29 is 4.74 Å². The number of para-hydroxylation sites is 2. The molecule has 0 spiro atoms. The second-order valence-electron chi connectivity index (χ2n) is 4.03. The Morgan fingerprint density at radius 3 is 2.80 bits per heavy atom. The molecule has 0 aliphatic carbocycles. The minimum atomic E-state index is 0.419. The molecule has 0 fully saturated rings. The van der Waals surface area contributed by atoms with Crippen LogP contribution in [-0.4, -0.2) is 21.7 Å². The Labute approximate surface area is 123 Å². The normalized spacial score (nSPS) is 9.90. The average Bonchev–Trinajstić information content (AvgIpc) is 2.41. The number of aryl methyl sites for hydroxylation is 1. The summed E-state index contributed by atoms with van der Waals surface area (Å²) in [6.45, 7) is 4.43. The van der Waals surface area contributed by atoms with E-state index in [0.717, 1.165) is 17.1 Å². The maximum absolute atomic E-state index is 5.53. The lowest BCUT2D eigenvalue weighted by molar-refractivity contribution is 0.342. The van der Waals surface area contributed by atoms with Crippen LogP contribution in [0.15, 0.2) is 36.5 Å². The summed E-state index contributed by atoms with van der Waals surface area (Å²) in [5.41, 5.74) is 1.68. The van der Waals surface area contributed by atoms with E-state index in [2.05, 4.69) is 20.6 Å². The molecule has 2 aromatic rings. The van der Waals surface area contributed by atoms with Gasteiger partial charge in [-0.05, 0) is 44.3 Å². The van der Waals surface area contributed by atoms with Crippen LogP contribution in [0.3, 0.4) is 0 Å². The summed E-state index contributed by atoms with van der Waals surface area (Å²) in [7, 11) is 0. The van der Waals surface area contributed by atoms with Gasteiger partial charge in [-0.3, -0.25) is 0 Å². The lowest BCUT2D eigenvalue weighted by Crippen LogP contribution is -2.21. The maximum atomic E-state index is 5.53. The highest BCUT2D eigenvalue weighted by atomic mass is 32.1. The first-order chi connectivity index (χ1) is 9.69. The van der Waals surface area contributed by atoms with Crippen molar-refractivity contribution in [1.82, 2.24) is 9.97 Å². The number of rotatable bonds is 4. The second kappa shape index (κ2) is 6.81. The molecule has 0 bridgehead atoms. The Morgan fingerprint density at radius 1 is 1.25 bits per heavy atom. The average molecular weight is 288 g/mol. The van der Waals surface area contributed by atoms with Crippen LogP contribution >= 0.6 is 12.2 Å². The van der Waals surface area contributed by atoms with Crippen LogP contribution in [0.2, 0.25) is 0 Å². The molecule has 2 N–H and O–H groups in total. The van der Waals surface area contributed by atoms with Crippen molar-refractivity contribution in [3.05, 3.63) is 42.2 Å². The zero-order chi connectivity index (χ0) is 14.4. The summed E-state index contributed by atoms with van der Waals surface area (Å²) in [5.74, 6) is 1.22. The van der Waals surface area contributed by atoms with E-state index in [1.54, 1.807) is 6.20 Å². The van der Waals surface area contributed by atoms with E-state index in [9.17, 15) is 0 Å². The van der Waals surface area contributed by atoms with Gasteiger partial charge in [0.15, 0.2) is 5.11 Å². The number of nitrogens with zero attached hydrogens (tertiary/aromatic N) is 2. The van der Waals surface area contributed by atoms with Crippen molar-refractivity contribution in [2.24, 2.45) is 0 Å². The van der Waals surface area contributed by atoms with Crippen LogP contribution in [0.25, 0.3) is 0 Å². The molecule has 0 atom stereocenters. The third-order valence-electron chi connectivity index (χ3n) is 2.46. The number of thiocarbonyl (C=S) groups is 1. The zero-order valence-corrected chi connectivity index (χ0v) is 12.2. The van der Waals surface area contributed by atoms with Crippen molar-refractivity contribution >= 4 is 29.0 Å². The lowest BCUT2D eigenvalue weighted by atomic mass is 10.3. The molecule has 104 valence electrons. The number of hydrogen-bond acceptors (Lipinski definition) is 4. The molecule has 5 nitrogen and oxygen atoms in total. The summed E-state index contributed by atoms with van der Waals surface area (Å²) in [4.78, 5) is 8.33. The molecule has 20 heavy (non-hydrogen) atoms. The largest absolute Gasteiger partial charge is 0.492 e. The van der Waals surface area contributed by atoms with Crippen molar-refractivity contribution in [1.29, 1.82) is 0 Å². The van der Waals surface area contributed by atoms with Gasteiger partial charge in [-0.15, -0.1) is 0 Å². The minimum Gasteiger partial charge on any atom is -0.492 e. The first-order valence-electron chi connectivity index (χ1n) is 6.28. The molecule has 0 saturated heterocycles. The third kappa shape index (κ3) is 3.89. The van der Waals surface area contributed by atoms with Crippen molar-refractivity contribution in [2.45, 2.75) is 13.8 Å². The lowest BCUT2D eigenvalue weighted by Gasteiger charge is -2.13. The summed E-state index contributed by atoms with van der Waals surface area (Å²) in [5, 5.41) is 6.44. The molecule has 1 aromatic heterocycles. The highest BCUT2D eigenvalue weighted by Crippen LogP contribution is 2.23. The quantitative estimate of drug-likeness (QED) is 0.843. The number of aromatic nitrogens is 2. The van der Waals surface area contributed by atoms with Gasteiger partial charge in [-0.2, -0.15) is 0 Å². The van der Waals surface area contributed by atoms with E-state index in [4.69, 9.17) is 17.0 Å². The minimum absolute atomic E-state index is 0.419. The van der Waals surface area contributed by atoms with Crippen LogP contribution in [0.1, 0.15) is 12.6 Å². The number of nitrogens with one attached hydrogen (secondary N) is 2. The third-order valence-corrected chi connectivity index (χ3v) is 2.66. The van der Waals surface area contributed by atoms with Crippen LogP contribution in [-0.2, 0) is 0 Å². The fourth-order valence-electron chi connectivity index (χ4n) is 1.62. The Balaban J connectivity index is 2.05. The standard InChI is InChI=1S/C14H16N4OS/c1-3-19-12-7-5-4-6-11(12)17-14(20)18-13-15-9-8-10(2)16-13/h4-9H,3H2,1-2H3,(H2,15,16,17,18,20). The van der Waals surface area contributed by atoms with Gasteiger partial charge in [-0.25, -0.2) is 9.97 Å². The zero-order valence-electron chi connectivity index (χ0n) is 11.4. The Hall–Kier alpha value is -2.21. The second-order valence-corrected chi connectivity index (χ2v) is 4.44. The van der Waals surface area contributed by atoms with Crippen LogP contribution < -0.4 is 15.4 Å².